The SMILES string of the molecule is O=S1(=O)NC(=NCc2ccccc2)C2NN=C(c3ccccc3)C21. The first-order chi connectivity index (χ1) is 11.6. The van der Waals surface area contributed by atoms with E-state index in [0.717, 1.165) is 11.1 Å². The highest BCUT2D eigenvalue weighted by Gasteiger charge is 2.51. The molecular weight excluding hydrogens is 324 g/mol. The molecule has 0 amide bonds. The number of fused-ring (bicyclic) bond motifs is 1. The molecule has 2 heterocycles. The minimum atomic E-state index is -3.55. The second-order valence-corrected chi connectivity index (χ2v) is 7.53. The van der Waals surface area contributed by atoms with Crippen molar-refractivity contribution in [3.05, 3.63) is 71.8 Å². The summed E-state index contributed by atoms with van der Waals surface area (Å²) >= 11 is 0. The van der Waals surface area contributed by atoms with E-state index in [1.807, 2.05) is 60.7 Å². The molecule has 2 unspecified atom stereocenters. The van der Waals surface area contributed by atoms with Crippen LogP contribution < -0.4 is 10.1 Å². The lowest BCUT2D eigenvalue weighted by Gasteiger charge is -2.08. The summed E-state index contributed by atoms with van der Waals surface area (Å²) in [6.45, 7) is 0.421. The van der Waals surface area contributed by atoms with Gasteiger partial charge >= 0.3 is 0 Å². The van der Waals surface area contributed by atoms with E-state index in [0.29, 0.717) is 18.1 Å². The van der Waals surface area contributed by atoms with E-state index < -0.39 is 21.3 Å². The molecule has 1 saturated heterocycles. The molecule has 0 spiro atoms. The number of rotatable bonds is 3. The van der Waals surface area contributed by atoms with Crippen LogP contribution >= 0.6 is 0 Å². The van der Waals surface area contributed by atoms with E-state index >= 15 is 0 Å². The van der Waals surface area contributed by atoms with Crippen molar-refractivity contribution >= 4 is 21.6 Å². The molecule has 1 fully saturated rings. The highest BCUT2D eigenvalue weighted by atomic mass is 32.2. The molecule has 2 aliphatic rings. The van der Waals surface area contributed by atoms with Crippen molar-refractivity contribution in [2.24, 2.45) is 10.1 Å². The summed E-state index contributed by atoms with van der Waals surface area (Å²) in [6, 6.07) is 18.6. The van der Waals surface area contributed by atoms with Crippen molar-refractivity contribution < 1.29 is 8.42 Å². The molecule has 0 bridgehead atoms. The van der Waals surface area contributed by atoms with Gasteiger partial charge in [0.05, 0.1) is 12.3 Å². The normalized spacial score (nSPS) is 25.7. The first-order valence-corrected chi connectivity index (χ1v) is 9.18. The summed E-state index contributed by atoms with van der Waals surface area (Å²) in [4.78, 5) is 4.45. The van der Waals surface area contributed by atoms with Gasteiger partial charge in [0, 0.05) is 0 Å². The van der Waals surface area contributed by atoms with Crippen molar-refractivity contribution in [3.63, 3.8) is 0 Å². The van der Waals surface area contributed by atoms with Crippen LogP contribution in [0.4, 0.5) is 0 Å². The van der Waals surface area contributed by atoms with Gasteiger partial charge in [-0.2, -0.15) is 5.10 Å². The smallest absolute Gasteiger partial charge is 0.245 e. The average Bonchev–Trinajstić information content (AvgIpc) is 3.15. The van der Waals surface area contributed by atoms with E-state index in [1.165, 1.54) is 0 Å². The summed E-state index contributed by atoms with van der Waals surface area (Å²) in [5, 5.41) is 3.50. The molecule has 7 heteroatoms. The first kappa shape index (κ1) is 14.9. The van der Waals surface area contributed by atoms with E-state index in [2.05, 4.69) is 20.2 Å². The van der Waals surface area contributed by atoms with Crippen LogP contribution in [0.25, 0.3) is 0 Å². The Bertz CT molecular complexity index is 908. The van der Waals surface area contributed by atoms with E-state index in [9.17, 15) is 8.42 Å². The number of hydrogen-bond donors (Lipinski definition) is 2. The molecule has 2 aromatic rings. The van der Waals surface area contributed by atoms with Gasteiger partial charge in [-0.1, -0.05) is 60.7 Å². The predicted molar refractivity (Wildman–Crippen MR) is 93.3 cm³/mol. The molecule has 2 N–H and O–H groups in total. The molecule has 6 nitrogen and oxygen atoms in total. The summed E-state index contributed by atoms with van der Waals surface area (Å²) in [7, 11) is -3.55. The highest BCUT2D eigenvalue weighted by Crippen LogP contribution is 2.25. The largest absolute Gasteiger partial charge is 0.297 e. The molecule has 0 aromatic heterocycles. The van der Waals surface area contributed by atoms with Crippen LogP contribution in [-0.2, 0) is 16.6 Å². The van der Waals surface area contributed by atoms with Crippen LogP contribution in [0.5, 0.6) is 0 Å². The number of nitrogens with zero attached hydrogens (tertiary/aromatic N) is 2. The Morgan fingerprint density at radius 2 is 1.67 bits per heavy atom. The van der Waals surface area contributed by atoms with Gasteiger partial charge in [0.25, 0.3) is 0 Å². The second kappa shape index (κ2) is 5.76. The third kappa shape index (κ3) is 2.56. The number of sulfonamides is 1. The number of aliphatic imine (C=N–C) groups is 1. The fourth-order valence-electron chi connectivity index (χ4n) is 2.96. The first-order valence-electron chi connectivity index (χ1n) is 7.63. The molecule has 0 radical (unpaired) electrons. The van der Waals surface area contributed by atoms with Gasteiger partial charge in [-0.15, -0.1) is 0 Å². The maximum absolute atomic E-state index is 12.5. The minimum absolute atomic E-state index is 0.415. The van der Waals surface area contributed by atoms with E-state index in [4.69, 9.17) is 0 Å². The van der Waals surface area contributed by atoms with Gasteiger partial charge in [-0.05, 0) is 11.1 Å². The Balaban J connectivity index is 1.63. The molecule has 4 rings (SSSR count). The van der Waals surface area contributed by atoms with Gasteiger partial charge in [0.1, 0.15) is 11.9 Å². The monoisotopic (exact) mass is 340 g/mol. The number of hydrogen-bond acceptors (Lipinski definition) is 5. The Kier molecular flexibility index (Phi) is 3.57. The fraction of sp³-hybridized carbons (Fsp3) is 0.176. The van der Waals surface area contributed by atoms with Crippen molar-refractivity contribution in [1.82, 2.24) is 10.1 Å². The predicted octanol–water partition coefficient (Wildman–Crippen LogP) is 1.26. The Morgan fingerprint density at radius 3 is 2.38 bits per heavy atom. The maximum Gasteiger partial charge on any atom is 0.245 e. The van der Waals surface area contributed by atoms with Crippen LogP contribution in [-0.4, -0.2) is 31.3 Å². The third-order valence-electron chi connectivity index (χ3n) is 4.12. The lowest BCUT2D eigenvalue weighted by atomic mass is 10.0. The number of benzene rings is 2. The topological polar surface area (TPSA) is 82.9 Å². The van der Waals surface area contributed by atoms with Crippen LogP contribution in [0.1, 0.15) is 11.1 Å². The molecule has 2 aliphatic heterocycles. The molecule has 122 valence electrons. The Morgan fingerprint density at radius 1 is 1.00 bits per heavy atom. The van der Waals surface area contributed by atoms with Gasteiger partial charge in [-0.3, -0.25) is 15.1 Å². The quantitative estimate of drug-likeness (QED) is 0.882. The molecule has 24 heavy (non-hydrogen) atoms. The number of amidine groups is 1. The van der Waals surface area contributed by atoms with Crippen LogP contribution in [0.15, 0.2) is 70.8 Å². The average molecular weight is 340 g/mol. The summed E-state index contributed by atoms with van der Waals surface area (Å²) in [5.74, 6) is 0.415. The molecule has 0 aliphatic carbocycles. The van der Waals surface area contributed by atoms with E-state index in [-0.39, 0.29) is 0 Å². The Hall–Kier alpha value is -2.67. The molecule has 2 atom stereocenters. The van der Waals surface area contributed by atoms with E-state index in [1.54, 1.807) is 0 Å². The highest BCUT2D eigenvalue weighted by molar-refractivity contribution is 7.92. The van der Waals surface area contributed by atoms with Crippen molar-refractivity contribution in [2.75, 3.05) is 0 Å². The summed E-state index contributed by atoms with van der Waals surface area (Å²) in [5.41, 5.74) is 5.27. The molecule has 2 aromatic carbocycles. The Labute approximate surface area is 140 Å². The zero-order chi connectivity index (χ0) is 16.6. The number of hydrazone groups is 1. The standard InChI is InChI=1S/C17H16N4O2S/c22-24(23)16-14(13-9-5-2-6-10-13)19-20-15(16)17(21-24)18-11-12-7-3-1-4-8-12/h1-10,15-16,20H,11H2,(H,18,21). The fourth-order valence-corrected chi connectivity index (χ4v) is 4.60. The molecule has 0 saturated carbocycles. The van der Waals surface area contributed by atoms with Crippen molar-refractivity contribution in [1.29, 1.82) is 0 Å². The van der Waals surface area contributed by atoms with Gasteiger partial charge < -0.3 is 0 Å². The zero-order valence-electron chi connectivity index (χ0n) is 12.8. The number of nitrogens with one attached hydrogen (secondary N) is 2. The summed E-state index contributed by atoms with van der Waals surface area (Å²) in [6.07, 6.45) is 0. The third-order valence-corrected chi connectivity index (χ3v) is 5.77. The van der Waals surface area contributed by atoms with Crippen LogP contribution in [0.2, 0.25) is 0 Å². The molecular formula is C17H16N4O2S. The lowest BCUT2D eigenvalue weighted by Crippen LogP contribution is -2.37. The lowest BCUT2D eigenvalue weighted by molar-refractivity contribution is 0.590. The van der Waals surface area contributed by atoms with Crippen LogP contribution in [0, 0.1) is 0 Å². The van der Waals surface area contributed by atoms with Gasteiger partial charge in [0.15, 0.2) is 5.25 Å². The van der Waals surface area contributed by atoms with Crippen LogP contribution in [0.3, 0.4) is 0 Å². The summed E-state index contributed by atoms with van der Waals surface area (Å²) < 4.78 is 27.7. The van der Waals surface area contributed by atoms with Crippen molar-refractivity contribution in [3.8, 4) is 0 Å². The van der Waals surface area contributed by atoms with Gasteiger partial charge in [0.2, 0.25) is 10.0 Å². The van der Waals surface area contributed by atoms with Gasteiger partial charge in [-0.25, -0.2) is 8.42 Å². The second-order valence-electron chi connectivity index (χ2n) is 5.72. The zero-order valence-corrected chi connectivity index (χ0v) is 13.6. The minimum Gasteiger partial charge on any atom is -0.297 e. The maximum atomic E-state index is 12.5. The van der Waals surface area contributed by atoms with Crippen molar-refractivity contribution in [2.45, 2.75) is 17.8 Å².